The van der Waals surface area contributed by atoms with Crippen molar-refractivity contribution in [2.45, 2.75) is 297 Å². The van der Waals surface area contributed by atoms with Crippen LogP contribution in [0.15, 0.2) is 146 Å². The Labute approximate surface area is 499 Å². The van der Waals surface area contributed by atoms with Gasteiger partial charge in [-0.15, -0.1) is 0 Å². The van der Waals surface area contributed by atoms with E-state index < -0.39 is 6.10 Å². The molecule has 0 spiro atoms. The molecule has 0 heterocycles. The minimum atomic E-state index is -0.817. The molecule has 0 fully saturated rings. The van der Waals surface area contributed by atoms with E-state index in [0.717, 1.165) is 128 Å². The van der Waals surface area contributed by atoms with Gasteiger partial charge in [0, 0.05) is 19.3 Å². The second-order valence-electron chi connectivity index (χ2n) is 21.6. The van der Waals surface area contributed by atoms with Gasteiger partial charge in [0.1, 0.15) is 13.2 Å². The molecule has 6 heteroatoms. The molecule has 0 saturated carbocycles. The summed E-state index contributed by atoms with van der Waals surface area (Å²) in [7, 11) is 0. The molecule has 0 aromatic rings. The predicted octanol–water partition coefficient (Wildman–Crippen LogP) is 23.1. The smallest absolute Gasteiger partial charge is 0.306 e. The lowest BCUT2D eigenvalue weighted by Crippen LogP contribution is -2.30. The number of carbonyl (C=O) groups is 3. The summed E-state index contributed by atoms with van der Waals surface area (Å²) in [6, 6.07) is 0. The van der Waals surface area contributed by atoms with Gasteiger partial charge >= 0.3 is 17.9 Å². The Hall–Kier alpha value is -4.71. The first-order valence-electron chi connectivity index (χ1n) is 33.3. The zero-order chi connectivity index (χ0) is 58.5. The van der Waals surface area contributed by atoms with Gasteiger partial charge in [0.25, 0.3) is 0 Å². The van der Waals surface area contributed by atoms with E-state index in [4.69, 9.17) is 14.2 Å². The van der Waals surface area contributed by atoms with Crippen molar-refractivity contribution in [3.05, 3.63) is 146 Å². The minimum absolute atomic E-state index is 0.106. The van der Waals surface area contributed by atoms with Crippen molar-refractivity contribution in [2.75, 3.05) is 13.2 Å². The van der Waals surface area contributed by atoms with Crippen LogP contribution in [0.25, 0.3) is 0 Å². The average Bonchev–Trinajstić information content (AvgIpc) is 3.46. The molecule has 1 unspecified atom stereocenters. The second kappa shape index (κ2) is 67.8. The maximum atomic E-state index is 12.9. The minimum Gasteiger partial charge on any atom is -0.462 e. The van der Waals surface area contributed by atoms with E-state index in [1.807, 2.05) is 6.08 Å². The third-order valence-corrected chi connectivity index (χ3v) is 13.8. The molecule has 6 nitrogen and oxygen atoms in total. The first-order valence-corrected chi connectivity index (χ1v) is 33.3. The zero-order valence-corrected chi connectivity index (χ0v) is 52.5. The molecule has 1 atom stereocenters. The molecule has 0 amide bonds. The highest BCUT2D eigenvalue weighted by atomic mass is 16.6. The van der Waals surface area contributed by atoms with Crippen LogP contribution in [0.5, 0.6) is 0 Å². The molecule has 458 valence electrons. The summed E-state index contributed by atoms with van der Waals surface area (Å²) in [5.41, 5.74) is 0. The van der Waals surface area contributed by atoms with Crippen molar-refractivity contribution in [1.29, 1.82) is 0 Å². The number of hydrogen-bond acceptors (Lipinski definition) is 6. The van der Waals surface area contributed by atoms with Crippen LogP contribution in [0.4, 0.5) is 0 Å². The van der Waals surface area contributed by atoms with Crippen LogP contribution in [-0.4, -0.2) is 37.2 Å². The molecular weight excluding hydrogens is 997 g/mol. The van der Waals surface area contributed by atoms with Crippen LogP contribution in [0, 0.1) is 0 Å². The quantitative estimate of drug-likeness (QED) is 0.0261. The lowest BCUT2D eigenvalue weighted by molar-refractivity contribution is -0.166. The molecule has 0 rings (SSSR count). The van der Waals surface area contributed by atoms with E-state index in [2.05, 4.69) is 161 Å². The summed E-state index contributed by atoms with van der Waals surface area (Å²) >= 11 is 0. The molecule has 81 heavy (non-hydrogen) atoms. The van der Waals surface area contributed by atoms with Crippen molar-refractivity contribution in [3.8, 4) is 0 Å². The predicted molar refractivity (Wildman–Crippen MR) is 352 cm³/mol. The number of hydrogen-bond donors (Lipinski definition) is 0. The topological polar surface area (TPSA) is 78.9 Å². The Morgan fingerprint density at radius 1 is 0.247 bits per heavy atom. The molecule has 0 aliphatic carbocycles. The summed E-state index contributed by atoms with van der Waals surface area (Å²) in [6.07, 6.45) is 97.5. The zero-order valence-electron chi connectivity index (χ0n) is 52.5. The van der Waals surface area contributed by atoms with Crippen LogP contribution < -0.4 is 0 Å². The lowest BCUT2D eigenvalue weighted by Gasteiger charge is -2.18. The molecule has 0 N–H and O–H groups in total. The van der Waals surface area contributed by atoms with Gasteiger partial charge in [-0.05, 0) is 122 Å². The summed E-state index contributed by atoms with van der Waals surface area (Å²) in [5, 5.41) is 0. The standard InChI is InChI=1S/C75H122O6/c1-4-7-10-13-16-19-22-25-27-29-30-31-32-33-34-35-36-37-38-39-40-41-42-43-44-46-47-50-53-56-59-62-65-68-74(77)80-71-72(70-79-73(76)67-64-61-58-55-52-49-24-21-18-15-12-9-6-3)81-75(78)69-66-63-60-57-54-51-48-45-28-26-23-20-17-14-11-8-5-2/h7-12,16-21,25-28,30-31,33-34,49,52,58,61,72H,4-6,13-15,22-24,29,32,35-48,50-51,53-57,59-60,62-71H2,1-3H3/b10-7-,11-8-,12-9-,19-16-,20-17-,21-18-,27-25-,28-26-,31-30-,34-33-,52-49-,61-58-. The molecule has 0 aliphatic heterocycles. The van der Waals surface area contributed by atoms with Gasteiger partial charge < -0.3 is 14.2 Å². The largest absolute Gasteiger partial charge is 0.462 e. The molecule has 0 radical (unpaired) electrons. The summed E-state index contributed by atoms with van der Waals surface area (Å²) in [6.45, 7) is 6.24. The second-order valence-corrected chi connectivity index (χ2v) is 21.6. The fourth-order valence-corrected chi connectivity index (χ4v) is 8.97. The third-order valence-electron chi connectivity index (χ3n) is 13.8. The fraction of sp³-hybridized carbons (Fsp3) is 0.640. The van der Waals surface area contributed by atoms with Crippen LogP contribution in [0.1, 0.15) is 290 Å². The van der Waals surface area contributed by atoms with Crippen molar-refractivity contribution in [1.82, 2.24) is 0 Å². The molecule has 0 aliphatic rings. The summed E-state index contributed by atoms with van der Waals surface area (Å²) < 4.78 is 16.8. The number of allylic oxidation sites excluding steroid dienone is 24. The van der Waals surface area contributed by atoms with Crippen LogP contribution in [-0.2, 0) is 28.6 Å². The Bertz CT molecular complexity index is 1760. The first kappa shape index (κ1) is 76.3. The van der Waals surface area contributed by atoms with Crippen LogP contribution in [0.3, 0.4) is 0 Å². The Balaban J connectivity index is 4.23. The summed E-state index contributed by atoms with van der Waals surface area (Å²) in [5.74, 6) is -0.999. The van der Waals surface area contributed by atoms with E-state index in [1.54, 1.807) is 0 Å². The van der Waals surface area contributed by atoms with E-state index in [-0.39, 0.29) is 37.5 Å². The Kier molecular flexibility index (Phi) is 63.9. The maximum Gasteiger partial charge on any atom is 0.306 e. The highest BCUT2D eigenvalue weighted by Crippen LogP contribution is 2.16. The van der Waals surface area contributed by atoms with Gasteiger partial charge in [0.15, 0.2) is 6.10 Å². The lowest BCUT2D eigenvalue weighted by atomic mass is 10.0. The number of carbonyl (C=O) groups excluding carboxylic acids is 3. The van der Waals surface area contributed by atoms with Gasteiger partial charge in [0.05, 0.1) is 0 Å². The molecule has 0 aromatic carbocycles. The van der Waals surface area contributed by atoms with Crippen molar-refractivity contribution >= 4 is 17.9 Å². The maximum absolute atomic E-state index is 12.9. The highest BCUT2D eigenvalue weighted by molar-refractivity contribution is 5.71. The fourth-order valence-electron chi connectivity index (χ4n) is 8.97. The van der Waals surface area contributed by atoms with E-state index in [1.165, 1.54) is 116 Å². The van der Waals surface area contributed by atoms with Gasteiger partial charge in [0.2, 0.25) is 0 Å². The molecule has 0 bridgehead atoms. The molecule has 0 saturated heterocycles. The van der Waals surface area contributed by atoms with Crippen molar-refractivity contribution in [2.24, 2.45) is 0 Å². The average molecular weight is 1120 g/mol. The van der Waals surface area contributed by atoms with Crippen LogP contribution in [0.2, 0.25) is 0 Å². The number of ether oxygens (including phenoxy) is 3. The highest BCUT2D eigenvalue weighted by Gasteiger charge is 2.19. The Morgan fingerprint density at radius 3 is 0.765 bits per heavy atom. The number of rotatable bonds is 59. The van der Waals surface area contributed by atoms with Gasteiger partial charge in [-0.2, -0.15) is 0 Å². The summed E-state index contributed by atoms with van der Waals surface area (Å²) in [4.78, 5) is 38.3. The van der Waals surface area contributed by atoms with Gasteiger partial charge in [-0.1, -0.05) is 295 Å². The number of esters is 3. The number of unbranched alkanes of at least 4 members (excludes halogenated alkanes) is 24. The van der Waals surface area contributed by atoms with Crippen molar-refractivity contribution < 1.29 is 28.6 Å². The van der Waals surface area contributed by atoms with Gasteiger partial charge in [-0.3, -0.25) is 14.4 Å². The third kappa shape index (κ3) is 66.0. The SMILES string of the molecule is CC/C=C\C/C=C\C/C=C\C/C=C\C/C=C\CCCCCCCCCCCCCCCCCCCC(=O)OCC(COC(=O)CC/C=C\C/C=C\C/C=C\C/C=C\CC)OC(=O)CCCCCCCCC/C=C\C/C=C\C/C=C\CC. The van der Waals surface area contributed by atoms with Crippen LogP contribution >= 0.6 is 0 Å². The monoisotopic (exact) mass is 1120 g/mol. The van der Waals surface area contributed by atoms with E-state index >= 15 is 0 Å². The Morgan fingerprint density at radius 2 is 0.469 bits per heavy atom. The normalized spacial score (nSPS) is 13.1. The first-order chi connectivity index (χ1) is 40.0. The molecular formula is C75H122O6. The van der Waals surface area contributed by atoms with E-state index in [0.29, 0.717) is 19.3 Å². The molecule has 0 aromatic heterocycles. The van der Waals surface area contributed by atoms with Crippen molar-refractivity contribution in [3.63, 3.8) is 0 Å². The van der Waals surface area contributed by atoms with Gasteiger partial charge in [-0.25, -0.2) is 0 Å². The van der Waals surface area contributed by atoms with E-state index in [9.17, 15) is 14.4 Å².